The van der Waals surface area contributed by atoms with E-state index in [1.807, 2.05) is 6.07 Å². The van der Waals surface area contributed by atoms with Crippen molar-refractivity contribution in [1.29, 1.82) is 0 Å². The molecule has 0 atom stereocenters. The third-order valence-corrected chi connectivity index (χ3v) is 7.55. The van der Waals surface area contributed by atoms with Crippen LogP contribution in [-0.4, -0.2) is 39.6 Å². The van der Waals surface area contributed by atoms with Crippen LogP contribution in [0.4, 0.5) is 28.4 Å². The predicted molar refractivity (Wildman–Crippen MR) is 178 cm³/mol. The number of carbonyl (C=O) groups excluding carboxylic acids is 2. The van der Waals surface area contributed by atoms with Gasteiger partial charge in [-0.1, -0.05) is 67.3 Å². The quantitative estimate of drug-likeness (QED) is 0.0532. The summed E-state index contributed by atoms with van der Waals surface area (Å²) in [5, 5.41) is 79.1. The minimum Gasteiger partial charge on any atom is -0.874 e. The largest absolute Gasteiger partial charge is 3.00 e. The Kier molecular flexibility index (Phi) is 14.0. The molecular formula is C33H25CrN8O11S. The predicted octanol–water partition coefficient (Wildman–Crippen LogP) is 3.14. The zero-order chi connectivity index (χ0) is 38.9. The van der Waals surface area contributed by atoms with E-state index in [4.69, 9.17) is 0 Å². The number of carbonyl (C=O) groups is 2. The van der Waals surface area contributed by atoms with Gasteiger partial charge in [0.2, 0.25) is 0 Å². The molecule has 0 saturated heterocycles. The van der Waals surface area contributed by atoms with Crippen LogP contribution in [0.3, 0.4) is 0 Å². The number of benzene rings is 4. The van der Waals surface area contributed by atoms with Gasteiger partial charge in [-0.25, -0.2) is 13.1 Å². The van der Waals surface area contributed by atoms with Gasteiger partial charge in [0.25, 0.3) is 11.6 Å². The van der Waals surface area contributed by atoms with E-state index in [0.717, 1.165) is 6.92 Å². The van der Waals surface area contributed by atoms with Gasteiger partial charge in [-0.3, -0.25) is 14.9 Å². The first-order valence-corrected chi connectivity index (χ1v) is 16.1. The number of carboxylic acids is 1. The molecule has 0 aliphatic heterocycles. The summed E-state index contributed by atoms with van der Waals surface area (Å²) >= 11 is 0. The first kappa shape index (κ1) is 41.6. The Morgan fingerprint density at radius 3 is 2.04 bits per heavy atom. The molecule has 5 aromatic rings. The fourth-order valence-electron chi connectivity index (χ4n) is 4.22. The molecule has 0 fully saturated rings. The van der Waals surface area contributed by atoms with Crippen LogP contribution in [0.2, 0.25) is 0 Å². The molecule has 1 amide bonds. The van der Waals surface area contributed by atoms with Crippen molar-refractivity contribution < 1.29 is 68.1 Å². The van der Waals surface area contributed by atoms with Gasteiger partial charge in [0, 0.05) is 29.3 Å². The summed E-state index contributed by atoms with van der Waals surface area (Å²) in [6.07, 6.45) is 0. The standard InChI is InChI=1S/C17H14N4O3.C16H14N4O8S.Cr/c1-11-15(16(22)21(20-11)12-7-3-2-4-8-12)19-18-14-10-6-5-9-13(14)17(23)24;1-9(21)14(16(23)17-10-5-3-2-4-6-10)19-18-12-7-11(20(24)25)8-13(15(12)22)29(26,27)28;/h2-10,22H,1H3,(H,23,24);2-8,21-22H,1H3,(H,17,23)(H,26,27,28);/q;;+3/p-3. The number of aromatic nitrogens is 2. The van der Waals surface area contributed by atoms with Gasteiger partial charge in [0.1, 0.15) is 21.5 Å². The minimum atomic E-state index is -5.35. The summed E-state index contributed by atoms with van der Waals surface area (Å²) < 4.78 is 34.7. The molecule has 0 aliphatic rings. The monoisotopic (exact) mass is 793 g/mol. The van der Waals surface area contributed by atoms with Crippen LogP contribution in [0.15, 0.2) is 134 Å². The van der Waals surface area contributed by atoms with E-state index >= 15 is 0 Å². The maximum Gasteiger partial charge on any atom is 3.00 e. The number of anilines is 1. The van der Waals surface area contributed by atoms with E-state index in [-0.39, 0.29) is 37.2 Å². The van der Waals surface area contributed by atoms with E-state index in [9.17, 15) is 53.1 Å². The van der Waals surface area contributed by atoms with Crippen LogP contribution in [0.1, 0.15) is 25.8 Å². The Labute approximate surface area is 319 Å². The molecule has 1 radical (unpaired) electrons. The van der Waals surface area contributed by atoms with Gasteiger partial charge in [-0.05, 0) is 37.3 Å². The number of nitro benzene ring substituents is 1. The molecule has 1 N–H and O–H groups in total. The van der Waals surface area contributed by atoms with Crippen molar-refractivity contribution in [3.05, 3.63) is 130 Å². The SMILES string of the molecule is CC([O-])=C(N=Nc1cc([N+](=O)[O-])cc(S(=O)(=O)[O-])c1[O-])C(=O)Nc1ccccc1.Cc1nn(-c2ccccc2)c([O-])c1N=Nc1ccccc1C(=O)[O-].[Cr+3].[H+].[H+]. The molecule has 19 nitrogen and oxygen atoms in total. The van der Waals surface area contributed by atoms with Gasteiger partial charge in [0.15, 0.2) is 0 Å². The Bertz CT molecular complexity index is 2390. The number of aromatic carboxylic acids is 1. The Morgan fingerprint density at radius 2 is 1.46 bits per heavy atom. The Balaban J connectivity index is 0.000000539. The molecule has 275 valence electrons. The zero-order valence-electron chi connectivity index (χ0n) is 29.7. The van der Waals surface area contributed by atoms with Gasteiger partial charge in [-0.2, -0.15) is 10.2 Å². The molecule has 0 unspecified atom stereocenters. The number of rotatable bonds is 10. The number of nitro groups is 1. The molecular weight excluding hydrogens is 768 g/mol. The number of carboxylic acid groups (broad SMARTS) is 1. The number of hydrogen-bond acceptors (Lipinski definition) is 16. The second-order valence-corrected chi connectivity index (χ2v) is 11.8. The van der Waals surface area contributed by atoms with Crippen LogP contribution in [0.5, 0.6) is 11.6 Å². The summed E-state index contributed by atoms with van der Waals surface area (Å²) in [7, 11) is -5.35. The third-order valence-electron chi connectivity index (χ3n) is 6.71. The summed E-state index contributed by atoms with van der Waals surface area (Å²) in [5.74, 6) is -5.07. The number of hydrogen-bond donors (Lipinski definition) is 1. The smallest absolute Gasteiger partial charge is 0.874 e. The molecule has 0 spiro atoms. The van der Waals surface area contributed by atoms with E-state index in [1.54, 1.807) is 61.5 Å². The van der Waals surface area contributed by atoms with Gasteiger partial charge < -0.3 is 35.1 Å². The average molecular weight is 794 g/mol. The van der Waals surface area contributed by atoms with Gasteiger partial charge >= 0.3 is 20.2 Å². The Morgan fingerprint density at radius 1 is 0.870 bits per heavy atom. The normalized spacial score (nSPS) is 11.6. The fourth-order valence-corrected chi connectivity index (χ4v) is 4.82. The van der Waals surface area contributed by atoms with E-state index in [0.29, 0.717) is 29.2 Å². The van der Waals surface area contributed by atoms with Crippen molar-refractivity contribution in [3.63, 3.8) is 0 Å². The fraction of sp³-hybridized carbons (Fsp3) is 0.0606. The number of azo groups is 2. The van der Waals surface area contributed by atoms with Crippen molar-refractivity contribution in [2.45, 2.75) is 18.7 Å². The maximum absolute atomic E-state index is 12.4. The molecule has 0 bridgehead atoms. The van der Waals surface area contributed by atoms with Crippen LogP contribution < -0.4 is 25.7 Å². The number of non-ortho nitro benzene ring substituents is 1. The molecule has 4 aromatic carbocycles. The second-order valence-electron chi connectivity index (χ2n) is 10.4. The number of amides is 1. The zero-order valence-corrected chi connectivity index (χ0v) is 29.8. The second kappa shape index (κ2) is 18.1. The molecule has 1 aromatic heterocycles. The van der Waals surface area contributed by atoms with E-state index in [1.165, 1.54) is 28.9 Å². The number of allylic oxidation sites excluding steroid dienone is 1. The molecule has 0 saturated carbocycles. The number of para-hydroxylation sites is 2. The molecule has 0 aliphatic carbocycles. The summed E-state index contributed by atoms with van der Waals surface area (Å²) in [6.45, 7) is 2.62. The van der Waals surface area contributed by atoms with Crippen molar-refractivity contribution in [1.82, 2.24) is 9.78 Å². The van der Waals surface area contributed by atoms with Crippen molar-refractivity contribution >= 4 is 50.4 Å². The van der Waals surface area contributed by atoms with Crippen molar-refractivity contribution in [2.75, 3.05) is 5.32 Å². The number of nitrogens with zero attached hydrogens (tertiary/aromatic N) is 7. The van der Waals surface area contributed by atoms with Gasteiger partial charge in [-0.15, -0.1) is 21.1 Å². The third kappa shape index (κ3) is 10.4. The summed E-state index contributed by atoms with van der Waals surface area (Å²) in [5.41, 5.74) is -1.15. The van der Waals surface area contributed by atoms with Crippen LogP contribution >= 0.6 is 0 Å². The number of aryl methyl sites for hydroxylation is 1. The van der Waals surface area contributed by atoms with Crippen LogP contribution in [-0.2, 0) is 32.3 Å². The van der Waals surface area contributed by atoms with Crippen molar-refractivity contribution in [3.8, 4) is 17.3 Å². The molecule has 21 heteroatoms. The molecule has 1 heterocycles. The van der Waals surface area contributed by atoms with Gasteiger partial charge in [0.05, 0.1) is 38.5 Å². The molecule has 54 heavy (non-hydrogen) atoms. The van der Waals surface area contributed by atoms with Crippen LogP contribution in [0, 0.1) is 17.0 Å². The van der Waals surface area contributed by atoms with Crippen LogP contribution in [0.25, 0.3) is 5.69 Å². The van der Waals surface area contributed by atoms with Crippen molar-refractivity contribution in [2.24, 2.45) is 20.5 Å². The maximum atomic E-state index is 12.4. The van der Waals surface area contributed by atoms with E-state index in [2.05, 4.69) is 30.9 Å². The molecule has 5 rings (SSSR count). The Hall–Kier alpha value is -6.79. The summed E-state index contributed by atoms with van der Waals surface area (Å²) in [4.78, 5) is 31.7. The average Bonchev–Trinajstić information content (AvgIpc) is 3.40. The first-order valence-electron chi connectivity index (χ1n) is 14.7. The topological polar surface area (TPSA) is 306 Å². The first-order chi connectivity index (χ1) is 25.1. The number of nitrogens with one attached hydrogen (secondary N) is 1. The van der Waals surface area contributed by atoms with E-state index < -0.39 is 66.3 Å². The minimum absolute atomic E-state index is 0. The summed E-state index contributed by atoms with van der Waals surface area (Å²) in [6, 6.07) is 23.8.